The molecule has 0 radical (unpaired) electrons. The van der Waals surface area contributed by atoms with E-state index in [9.17, 15) is 0 Å². The highest BCUT2D eigenvalue weighted by Gasteiger charge is 2.16. The van der Waals surface area contributed by atoms with Crippen LogP contribution in [0.5, 0.6) is 0 Å². The summed E-state index contributed by atoms with van der Waals surface area (Å²) in [6.45, 7) is 9.48. The van der Waals surface area contributed by atoms with Gasteiger partial charge in [-0.15, -0.1) is 0 Å². The summed E-state index contributed by atoms with van der Waals surface area (Å²) in [5.41, 5.74) is 7.13. The van der Waals surface area contributed by atoms with Crippen LogP contribution in [0.1, 0.15) is 59.8 Å². The average Bonchev–Trinajstić information content (AvgIpc) is 2.38. The molecule has 104 valence electrons. The smallest absolute Gasteiger partial charge is 0.0107 e. The van der Waals surface area contributed by atoms with E-state index in [1.807, 2.05) is 0 Å². The van der Waals surface area contributed by atoms with Gasteiger partial charge in [-0.2, -0.15) is 0 Å². The lowest BCUT2D eigenvalue weighted by Gasteiger charge is -2.22. The third-order valence-corrected chi connectivity index (χ3v) is 3.41. The highest BCUT2D eigenvalue weighted by molar-refractivity contribution is 5.22. The number of nitrogens with two attached hydrogens (primary N) is 1. The van der Waals surface area contributed by atoms with Gasteiger partial charge in [-0.3, -0.25) is 0 Å². The minimum Gasteiger partial charge on any atom is -0.327 e. The van der Waals surface area contributed by atoms with Crippen molar-refractivity contribution in [3.05, 3.63) is 36.0 Å². The van der Waals surface area contributed by atoms with Crippen LogP contribution in [0.15, 0.2) is 36.0 Å². The van der Waals surface area contributed by atoms with Gasteiger partial charge < -0.3 is 5.73 Å². The van der Waals surface area contributed by atoms with E-state index in [-0.39, 0.29) is 5.41 Å². The first kappa shape index (κ1) is 17.2. The predicted octanol–water partition coefficient (Wildman–Crippen LogP) is 5.00. The van der Waals surface area contributed by atoms with E-state index < -0.39 is 0 Å². The van der Waals surface area contributed by atoms with Gasteiger partial charge in [-0.05, 0) is 19.8 Å². The topological polar surface area (TPSA) is 26.0 Å². The lowest BCUT2D eigenvalue weighted by atomic mass is 9.83. The molecule has 0 rings (SSSR count). The Hall–Kier alpha value is -0.820. The highest BCUT2D eigenvalue weighted by atomic mass is 14.5. The molecule has 0 bridgehead atoms. The Morgan fingerprint density at radius 2 is 1.89 bits per heavy atom. The van der Waals surface area contributed by atoms with Gasteiger partial charge in [0.05, 0.1) is 0 Å². The molecule has 0 aromatic rings. The van der Waals surface area contributed by atoms with Gasteiger partial charge in [0.25, 0.3) is 0 Å². The van der Waals surface area contributed by atoms with E-state index in [2.05, 4.69) is 58.1 Å². The van der Waals surface area contributed by atoms with E-state index in [0.717, 1.165) is 6.42 Å². The minimum absolute atomic E-state index is 0.151. The molecule has 0 aliphatic heterocycles. The number of hydrogen-bond donors (Lipinski definition) is 1. The quantitative estimate of drug-likeness (QED) is 0.347. The van der Waals surface area contributed by atoms with E-state index in [1.165, 1.54) is 31.3 Å². The third-order valence-electron chi connectivity index (χ3n) is 3.41. The number of rotatable bonds is 9. The van der Waals surface area contributed by atoms with Crippen molar-refractivity contribution in [2.75, 3.05) is 6.54 Å². The molecule has 1 heteroatoms. The SMILES string of the molecule is C/C=C(/C=C\C(C)(C=CCN)CCCCC)CC. The Balaban J connectivity index is 4.69. The number of hydrogen-bond acceptors (Lipinski definition) is 1. The van der Waals surface area contributed by atoms with Gasteiger partial charge in [0.1, 0.15) is 0 Å². The molecular formula is C17H31N. The van der Waals surface area contributed by atoms with E-state index in [1.54, 1.807) is 0 Å². The van der Waals surface area contributed by atoms with Crippen molar-refractivity contribution >= 4 is 0 Å². The zero-order valence-corrected chi connectivity index (χ0v) is 12.7. The van der Waals surface area contributed by atoms with Crippen molar-refractivity contribution in [1.82, 2.24) is 0 Å². The summed E-state index contributed by atoms with van der Waals surface area (Å²) in [6.07, 6.45) is 17.3. The van der Waals surface area contributed by atoms with Crippen LogP contribution < -0.4 is 5.73 Å². The largest absolute Gasteiger partial charge is 0.327 e. The Bertz CT molecular complexity index is 286. The van der Waals surface area contributed by atoms with Crippen LogP contribution in [-0.4, -0.2) is 6.54 Å². The molecule has 1 atom stereocenters. The lowest BCUT2D eigenvalue weighted by molar-refractivity contribution is 0.464. The lowest BCUT2D eigenvalue weighted by Crippen LogP contribution is -2.10. The zero-order chi connectivity index (χ0) is 13.9. The summed E-state index contributed by atoms with van der Waals surface area (Å²) in [7, 11) is 0. The third kappa shape index (κ3) is 7.50. The molecule has 0 saturated carbocycles. The van der Waals surface area contributed by atoms with Crippen LogP contribution >= 0.6 is 0 Å². The van der Waals surface area contributed by atoms with E-state index >= 15 is 0 Å². The molecular weight excluding hydrogens is 218 g/mol. The first-order valence-electron chi connectivity index (χ1n) is 7.34. The second-order valence-corrected chi connectivity index (χ2v) is 5.15. The van der Waals surface area contributed by atoms with E-state index in [0.29, 0.717) is 6.54 Å². The van der Waals surface area contributed by atoms with Gasteiger partial charge in [-0.1, -0.05) is 76.0 Å². The van der Waals surface area contributed by atoms with Gasteiger partial charge in [0.15, 0.2) is 0 Å². The van der Waals surface area contributed by atoms with Crippen molar-refractivity contribution < 1.29 is 0 Å². The summed E-state index contributed by atoms with van der Waals surface area (Å²) in [4.78, 5) is 0. The Morgan fingerprint density at radius 1 is 1.17 bits per heavy atom. The summed E-state index contributed by atoms with van der Waals surface area (Å²) in [6, 6.07) is 0. The molecule has 0 aromatic carbocycles. The molecule has 0 spiro atoms. The first-order chi connectivity index (χ1) is 8.61. The number of unbranched alkanes of at least 4 members (excludes halogenated alkanes) is 2. The van der Waals surface area contributed by atoms with Crippen molar-refractivity contribution in [1.29, 1.82) is 0 Å². The van der Waals surface area contributed by atoms with Crippen LogP contribution in [0.25, 0.3) is 0 Å². The van der Waals surface area contributed by atoms with Gasteiger partial charge in [-0.25, -0.2) is 0 Å². The van der Waals surface area contributed by atoms with Crippen molar-refractivity contribution in [2.45, 2.75) is 59.8 Å². The van der Waals surface area contributed by atoms with Crippen LogP contribution in [0.2, 0.25) is 0 Å². The van der Waals surface area contributed by atoms with Crippen LogP contribution in [0.4, 0.5) is 0 Å². The molecule has 1 unspecified atom stereocenters. The molecule has 0 amide bonds. The average molecular weight is 249 g/mol. The normalized spacial score (nSPS) is 16.6. The summed E-state index contributed by atoms with van der Waals surface area (Å²) in [5.74, 6) is 0. The fourth-order valence-corrected chi connectivity index (χ4v) is 2.03. The highest BCUT2D eigenvalue weighted by Crippen LogP contribution is 2.29. The molecule has 0 saturated heterocycles. The Kier molecular flexibility index (Phi) is 9.67. The van der Waals surface area contributed by atoms with Gasteiger partial charge >= 0.3 is 0 Å². The second-order valence-electron chi connectivity index (χ2n) is 5.15. The van der Waals surface area contributed by atoms with Crippen molar-refractivity contribution in [2.24, 2.45) is 11.1 Å². The molecule has 0 aliphatic rings. The molecule has 2 N–H and O–H groups in total. The maximum atomic E-state index is 5.58. The maximum absolute atomic E-state index is 5.58. The van der Waals surface area contributed by atoms with Gasteiger partial charge in [0.2, 0.25) is 0 Å². The molecule has 1 nitrogen and oxygen atoms in total. The summed E-state index contributed by atoms with van der Waals surface area (Å²) >= 11 is 0. The fraction of sp³-hybridized carbons (Fsp3) is 0.647. The van der Waals surface area contributed by atoms with Crippen molar-refractivity contribution in [3.63, 3.8) is 0 Å². The zero-order valence-electron chi connectivity index (χ0n) is 12.7. The van der Waals surface area contributed by atoms with Crippen molar-refractivity contribution in [3.8, 4) is 0 Å². The molecule has 0 fully saturated rings. The number of allylic oxidation sites excluding steroid dienone is 5. The molecule has 18 heavy (non-hydrogen) atoms. The summed E-state index contributed by atoms with van der Waals surface area (Å²) < 4.78 is 0. The first-order valence-corrected chi connectivity index (χ1v) is 7.34. The monoisotopic (exact) mass is 249 g/mol. The second kappa shape index (κ2) is 10.1. The summed E-state index contributed by atoms with van der Waals surface area (Å²) in [5, 5.41) is 0. The molecule has 0 aromatic heterocycles. The minimum atomic E-state index is 0.151. The van der Waals surface area contributed by atoms with Crippen LogP contribution in [0, 0.1) is 5.41 Å². The van der Waals surface area contributed by atoms with Crippen LogP contribution in [0.3, 0.4) is 0 Å². The standard InChI is InChI=1S/C17H31N/c1-5-8-9-12-17(4,13-10-15-18)14-11-16(6-2)7-3/h6,10-11,13-14H,5,7-9,12,15,18H2,1-4H3/b13-10?,14-11-,16-6+. The molecule has 0 heterocycles. The van der Waals surface area contributed by atoms with Crippen LogP contribution in [-0.2, 0) is 0 Å². The Labute approximate surface area is 114 Å². The Morgan fingerprint density at radius 3 is 2.39 bits per heavy atom. The van der Waals surface area contributed by atoms with E-state index in [4.69, 9.17) is 5.73 Å². The molecule has 0 aliphatic carbocycles. The van der Waals surface area contributed by atoms with Gasteiger partial charge in [0, 0.05) is 12.0 Å². The predicted molar refractivity (Wildman–Crippen MR) is 83.6 cm³/mol. The fourth-order valence-electron chi connectivity index (χ4n) is 2.03. The maximum Gasteiger partial charge on any atom is 0.0107 e.